The van der Waals surface area contributed by atoms with Gasteiger partial charge in [0, 0.05) is 22.2 Å². The second-order valence-electron chi connectivity index (χ2n) is 6.07. The molecule has 0 spiro atoms. The van der Waals surface area contributed by atoms with Gasteiger partial charge in [-0.25, -0.2) is 0 Å². The second kappa shape index (κ2) is 9.92. The maximum atomic E-state index is 6.25. The summed E-state index contributed by atoms with van der Waals surface area (Å²) in [7, 11) is 0. The number of nitrogens with one attached hydrogen (secondary N) is 1. The zero-order chi connectivity index (χ0) is 19.9. The number of rotatable bonds is 8. The SMILES string of the molecule is CCOc1cccc(CNc2cc(Cl)ccc2Cl)c1OCc1ccc(Cl)cc1. The molecule has 0 fully saturated rings. The third kappa shape index (κ3) is 5.48. The Hall–Kier alpha value is -2.07. The Bertz CT molecular complexity index is 930. The maximum Gasteiger partial charge on any atom is 0.166 e. The van der Waals surface area contributed by atoms with Gasteiger partial charge >= 0.3 is 0 Å². The highest BCUT2D eigenvalue weighted by molar-refractivity contribution is 6.35. The molecule has 146 valence electrons. The fraction of sp³-hybridized carbons (Fsp3) is 0.182. The van der Waals surface area contributed by atoms with Crippen LogP contribution in [-0.2, 0) is 13.2 Å². The number of benzene rings is 3. The summed E-state index contributed by atoms with van der Waals surface area (Å²) in [5.41, 5.74) is 2.74. The van der Waals surface area contributed by atoms with Crippen LogP contribution in [0.25, 0.3) is 0 Å². The first-order chi connectivity index (χ1) is 13.6. The number of hydrogen-bond acceptors (Lipinski definition) is 3. The van der Waals surface area contributed by atoms with Crippen LogP contribution in [0, 0.1) is 0 Å². The molecule has 0 unspecified atom stereocenters. The first-order valence-electron chi connectivity index (χ1n) is 8.87. The van der Waals surface area contributed by atoms with Crippen molar-refractivity contribution < 1.29 is 9.47 Å². The van der Waals surface area contributed by atoms with Crippen LogP contribution in [0.1, 0.15) is 18.1 Å². The zero-order valence-electron chi connectivity index (χ0n) is 15.3. The molecule has 0 amide bonds. The second-order valence-corrected chi connectivity index (χ2v) is 7.35. The van der Waals surface area contributed by atoms with Crippen molar-refractivity contribution in [3.8, 4) is 11.5 Å². The van der Waals surface area contributed by atoms with Crippen LogP contribution < -0.4 is 14.8 Å². The quantitative estimate of drug-likeness (QED) is 0.404. The predicted octanol–water partition coefficient (Wildman–Crippen LogP) is 7.24. The zero-order valence-corrected chi connectivity index (χ0v) is 17.6. The first kappa shape index (κ1) is 20.7. The lowest BCUT2D eigenvalue weighted by Crippen LogP contribution is -2.06. The van der Waals surface area contributed by atoms with E-state index in [1.54, 1.807) is 18.2 Å². The normalized spacial score (nSPS) is 10.6. The van der Waals surface area contributed by atoms with Crippen LogP contribution in [0.2, 0.25) is 15.1 Å². The van der Waals surface area contributed by atoms with Gasteiger partial charge in [0.25, 0.3) is 0 Å². The van der Waals surface area contributed by atoms with E-state index in [1.165, 1.54) is 0 Å². The topological polar surface area (TPSA) is 30.5 Å². The smallest absolute Gasteiger partial charge is 0.166 e. The lowest BCUT2D eigenvalue weighted by atomic mass is 10.1. The monoisotopic (exact) mass is 435 g/mol. The molecule has 3 nitrogen and oxygen atoms in total. The fourth-order valence-corrected chi connectivity index (χ4v) is 3.18. The highest BCUT2D eigenvalue weighted by atomic mass is 35.5. The van der Waals surface area contributed by atoms with E-state index in [9.17, 15) is 0 Å². The molecular formula is C22H20Cl3NO2. The van der Waals surface area contributed by atoms with Crippen molar-refractivity contribution in [1.82, 2.24) is 0 Å². The Morgan fingerprint density at radius 3 is 2.36 bits per heavy atom. The van der Waals surface area contributed by atoms with Crippen molar-refractivity contribution >= 4 is 40.5 Å². The summed E-state index contributed by atoms with van der Waals surface area (Å²) >= 11 is 18.3. The van der Waals surface area contributed by atoms with Crippen LogP contribution >= 0.6 is 34.8 Å². The molecule has 0 aliphatic rings. The van der Waals surface area contributed by atoms with Gasteiger partial charge in [-0.2, -0.15) is 0 Å². The molecule has 28 heavy (non-hydrogen) atoms. The summed E-state index contributed by atoms with van der Waals surface area (Å²) in [6, 6.07) is 18.7. The Morgan fingerprint density at radius 2 is 1.61 bits per heavy atom. The molecule has 0 aliphatic heterocycles. The van der Waals surface area contributed by atoms with Gasteiger partial charge in [0.15, 0.2) is 11.5 Å². The van der Waals surface area contributed by atoms with Gasteiger partial charge in [0.05, 0.1) is 17.3 Å². The Balaban J connectivity index is 1.80. The summed E-state index contributed by atoms with van der Waals surface area (Å²) in [5.74, 6) is 1.40. The van der Waals surface area contributed by atoms with E-state index >= 15 is 0 Å². The van der Waals surface area contributed by atoms with Crippen molar-refractivity contribution in [2.45, 2.75) is 20.1 Å². The average Bonchev–Trinajstić information content (AvgIpc) is 2.69. The number of anilines is 1. The van der Waals surface area contributed by atoms with Crippen molar-refractivity contribution in [2.75, 3.05) is 11.9 Å². The van der Waals surface area contributed by atoms with Crippen LogP contribution in [0.15, 0.2) is 60.7 Å². The van der Waals surface area contributed by atoms with Gasteiger partial charge in [0.1, 0.15) is 6.61 Å². The molecule has 0 heterocycles. The van der Waals surface area contributed by atoms with Gasteiger partial charge in [-0.1, -0.05) is 59.1 Å². The van der Waals surface area contributed by atoms with Crippen molar-refractivity contribution in [3.63, 3.8) is 0 Å². The van der Waals surface area contributed by atoms with E-state index in [1.807, 2.05) is 49.4 Å². The Labute approximate surface area is 180 Å². The molecule has 6 heteroatoms. The van der Waals surface area contributed by atoms with Gasteiger partial charge in [-0.05, 0) is 48.9 Å². The van der Waals surface area contributed by atoms with Crippen LogP contribution in [0.4, 0.5) is 5.69 Å². The first-order valence-corrected chi connectivity index (χ1v) is 10.0. The molecule has 0 radical (unpaired) electrons. The van der Waals surface area contributed by atoms with Gasteiger partial charge in [-0.15, -0.1) is 0 Å². The molecule has 0 aromatic heterocycles. The molecular weight excluding hydrogens is 417 g/mol. The highest BCUT2D eigenvalue weighted by Gasteiger charge is 2.12. The van der Waals surface area contributed by atoms with Gasteiger partial charge in [-0.3, -0.25) is 0 Å². The molecule has 0 atom stereocenters. The third-order valence-electron chi connectivity index (χ3n) is 4.05. The Kier molecular flexibility index (Phi) is 7.32. The molecule has 1 N–H and O–H groups in total. The van der Waals surface area contributed by atoms with E-state index in [-0.39, 0.29) is 0 Å². The third-order valence-corrected chi connectivity index (χ3v) is 4.87. The highest BCUT2D eigenvalue weighted by Crippen LogP contribution is 2.34. The van der Waals surface area contributed by atoms with E-state index in [2.05, 4.69) is 5.32 Å². The average molecular weight is 437 g/mol. The lowest BCUT2D eigenvalue weighted by Gasteiger charge is -2.17. The Morgan fingerprint density at radius 1 is 0.857 bits per heavy atom. The largest absolute Gasteiger partial charge is 0.490 e. The number of hydrogen-bond donors (Lipinski definition) is 1. The molecule has 3 aromatic rings. The standard InChI is InChI=1S/C22H20Cl3NO2/c1-2-27-21-5-3-4-16(13-26-20-12-18(24)10-11-19(20)25)22(21)28-14-15-6-8-17(23)9-7-15/h3-12,26H,2,13-14H2,1H3. The summed E-state index contributed by atoms with van der Waals surface area (Å²) in [6.07, 6.45) is 0. The number of para-hydroxylation sites is 1. The van der Waals surface area contributed by atoms with Crippen molar-refractivity contribution in [3.05, 3.63) is 86.9 Å². The number of ether oxygens (including phenoxy) is 2. The molecule has 0 aliphatic carbocycles. The maximum absolute atomic E-state index is 6.25. The van der Waals surface area contributed by atoms with Crippen molar-refractivity contribution in [1.29, 1.82) is 0 Å². The minimum atomic E-state index is 0.409. The predicted molar refractivity (Wildman–Crippen MR) is 117 cm³/mol. The number of halogens is 3. The van der Waals surface area contributed by atoms with E-state index in [0.717, 1.165) is 16.8 Å². The van der Waals surface area contributed by atoms with E-state index in [4.69, 9.17) is 44.3 Å². The summed E-state index contributed by atoms with van der Waals surface area (Å²) < 4.78 is 11.9. The van der Waals surface area contributed by atoms with E-state index in [0.29, 0.717) is 46.3 Å². The van der Waals surface area contributed by atoms with Crippen LogP contribution in [0.5, 0.6) is 11.5 Å². The summed E-state index contributed by atoms with van der Waals surface area (Å²) in [6.45, 7) is 3.41. The van der Waals surface area contributed by atoms with Crippen LogP contribution in [-0.4, -0.2) is 6.61 Å². The van der Waals surface area contributed by atoms with Gasteiger partial charge in [0.2, 0.25) is 0 Å². The molecule has 0 saturated carbocycles. The summed E-state index contributed by atoms with van der Waals surface area (Å²) in [5, 5.41) is 5.24. The molecule has 3 rings (SSSR count). The van der Waals surface area contributed by atoms with Crippen molar-refractivity contribution in [2.24, 2.45) is 0 Å². The van der Waals surface area contributed by atoms with Crippen LogP contribution in [0.3, 0.4) is 0 Å². The van der Waals surface area contributed by atoms with Gasteiger partial charge < -0.3 is 14.8 Å². The lowest BCUT2D eigenvalue weighted by molar-refractivity contribution is 0.267. The molecule has 0 bridgehead atoms. The summed E-state index contributed by atoms with van der Waals surface area (Å²) in [4.78, 5) is 0. The molecule has 3 aromatic carbocycles. The minimum Gasteiger partial charge on any atom is -0.490 e. The minimum absolute atomic E-state index is 0.409. The van der Waals surface area contributed by atoms with E-state index < -0.39 is 0 Å². The fourth-order valence-electron chi connectivity index (χ4n) is 2.69. The molecule has 0 saturated heterocycles.